The zero-order valence-corrected chi connectivity index (χ0v) is 13.7. The number of nitrogens with zero attached hydrogens (tertiary/aromatic N) is 4. The minimum atomic E-state index is 0.0442. The van der Waals surface area contributed by atoms with Crippen LogP contribution in [0, 0.1) is 0 Å². The molecule has 0 bridgehead atoms. The molecule has 0 aromatic carbocycles. The van der Waals surface area contributed by atoms with Gasteiger partial charge in [0.05, 0.1) is 25.9 Å². The number of aryl methyl sites for hydroxylation is 1. The predicted octanol–water partition coefficient (Wildman–Crippen LogP) is 1.63. The van der Waals surface area contributed by atoms with Gasteiger partial charge in [-0.3, -0.25) is 9.67 Å². The Bertz CT molecular complexity index is 622. The Labute approximate surface area is 134 Å². The average molecular weight is 319 g/mol. The standard InChI is InChI=1S/C15H21N5OS/c1-16-15(17-9-13-4-3-7-22-13)20-5-6-21-14(11-20)12-8-18-19(2)10-12/h3-4,7-8,10,14H,5-6,9,11H2,1-2H3,(H,16,17). The summed E-state index contributed by atoms with van der Waals surface area (Å²) >= 11 is 1.75. The third-order valence-electron chi connectivity index (χ3n) is 3.68. The van der Waals surface area contributed by atoms with E-state index >= 15 is 0 Å². The third kappa shape index (κ3) is 3.48. The lowest BCUT2D eigenvalue weighted by Crippen LogP contribution is -2.47. The lowest BCUT2D eigenvalue weighted by molar-refractivity contribution is -0.00804. The molecule has 6 nitrogen and oxygen atoms in total. The number of nitrogens with one attached hydrogen (secondary N) is 1. The van der Waals surface area contributed by atoms with Gasteiger partial charge in [-0.15, -0.1) is 11.3 Å². The van der Waals surface area contributed by atoms with Crippen molar-refractivity contribution in [1.82, 2.24) is 20.0 Å². The number of aliphatic imine (C=N–C) groups is 1. The van der Waals surface area contributed by atoms with Crippen molar-refractivity contribution in [2.45, 2.75) is 12.6 Å². The van der Waals surface area contributed by atoms with Gasteiger partial charge in [0.15, 0.2) is 5.96 Å². The summed E-state index contributed by atoms with van der Waals surface area (Å²) in [7, 11) is 3.75. The number of hydrogen-bond acceptors (Lipinski definition) is 4. The highest BCUT2D eigenvalue weighted by molar-refractivity contribution is 7.09. The van der Waals surface area contributed by atoms with Crippen molar-refractivity contribution in [3.8, 4) is 0 Å². The smallest absolute Gasteiger partial charge is 0.194 e. The number of thiophene rings is 1. The first-order chi connectivity index (χ1) is 10.8. The maximum atomic E-state index is 5.88. The van der Waals surface area contributed by atoms with Gasteiger partial charge in [0.1, 0.15) is 6.10 Å². The highest BCUT2D eigenvalue weighted by Crippen LogP contribution is 2.21. The molecule has 118 valence electrons. The van der Waals surface area contributed by atoms with E-state index in [1.807, 2.05) is 31.2 Å². The maximum Gasteiger partial charge on any atom is 0.194 e. The van der Waals surface area contributed by atoms with E-state index in [1.54, 1.807) is 11.3 Å². The monoisotopic (exact) mass is 319 g/mol. The third-order valence-corrected chi connectivity index (χ3v) is 4.55. The van der Waals surface area contributed by atoms with E-state index in [0.717, 1.165) is 31.2 Å². The van der Waals surface area contributed by atoms with Crippen LogP contribution in [0.4, 0.5) is 0 Å². The summed E-state index contributed by atoms with van der Waals surface area (Å²) in [6.07, 6.45) is 3.93. The fourth-order valence-electron chi connectivity index (χ4n) is 2.56. The molecule has 2 aromatic rings. The topological polar surface area (TPSA) is 54.7 Å². The van der Waals surface area contributed by atoms with Gasteiger partial charge in [0.25, 0.3) is 0 Å². The number of ether oxygens (including phenoxy) is 1. The van der Waals surface area contributed by atoms with Crippen LogP contribution in [0.2, 0.25) is 0 Å². The Morgan fingerprint density at radius 1 is 1.59 bits per heavy atom. The van der Waals surface area contributed by atoms with E-state index in [1.165, 1.54) is 4.88 Å². The van der Waals surface area contributed by atoms with Gasteiger partial charge >= 0.3 is 0 Å². The zero-order valence-electron chi connectivity index (χ0n) is 12.9. The van der Waals surface area contributed by atoms with Crippen molar-refractivity contribution in [3.05, 3.63) is 40.3 Å². The number of morpholine rings is 1. The van der Waals surface area contributed by atoms with Crippen molar-refractivity contribution >= 4 is 17.3 Å². The fourth-order valence-corrected chi connectivity index (χ4v) is 3.21. The van der Waals surface area contributed by atoms with Crippen LogP contribution < -0.4 is 5.32 Å². The molecule has 1 atom stereocenters. The zero-order chi connectivity index (χ0) is 15.4. The molecule has 0 spiro atoms. The van der Waals surface area contributed by atoms with Gasteiger partial charge in [0.2, 0.25) is 0 Å². The summed E-state index contributed by atoms with van der Waals surface area (Å²) in [5.74, 6) is 0.922. The molecule has 22 heavy (non-hydrogen) atoms. The second-order valence-corrected chi connectivity index (χ2v) is 6.27. The average Bonchev–Trinajstić information content (AvgIpc) is 3.20. The van der Waals surface area contributed by atoms with E-state index in [-0.39, 0.29) is 6.10 Å². The van der Waals surface area contributed by atoms with E-state index in [2.05, 4.69) is 37.8 Å². The molecular weight excluding hydrogens is 298 g/mol. The fraction of sp³-hybridized carbons (Fsp3) is 0.467. The first-order valence-corrected chi connectivity index (χ1v) is 8.22. The number of hydrogen-bond donors (Lipinski definition) is 1. The predicted molar refractivity (Wildman–Crippen MR) is 88.0 cm³/mol. The van der Waals surface area contributed by atoms with Gasteiger partial charge in [0, 0.05) is 37.3 Å². The van der Waals surface area contributed by atoms with E-state index in [4.69, 9.17) is 4.74 Å². The highest BCUT2D eigenvalue weighted by Gasteiger charge is 2.25. The lowest BCUT2D eigenvalue weighted by Gasteiger charge is -2.34. The van der Waals surface area contributed by atoms with Crippen molar-refractivity contribution in [3.63, 3.8) is 0 Å². The van der Waals surface area contributed by atoms with E-state index in [0.29, 0.717) is 6.61 Å². The summed E-state index contributed by atoms with van der Waals surface area (Å²) in [4.78, 5) is 7.95. The van der Waals surface area contributed by atoms with Crippen LogP contribution >= 0.6 is 11.3 Å². The number of rotatable bonds is 3. The first-order valence-electron chi connectivity index (χ1n) is 7.34. The van der Waals surface area contributed by atoms with Crippen LogP contribution in [-0.4, -0.2) is 47.4 Å². The van der Waals surface area contributed by atoms with Crippen molar-refractivity contribution in [2.75, 3.05) is 26.7 Å². The molecule has 1 saturated heterocycles. The molecule has 0 aliphatic carbocycles. The molecule has 3 rings (SSSR count). The van der Waals surface area contributed by atoms with Crippen LogP contribution in [0.5, 0.6) is 0 Å². The van der Waals surface area contributed by atoms with Gasteiger partial charge in [-0.2, -0.15) is 5.10 Å². The van der Waals surface area contributed by atoms with Crippen molar-refractivity contribution in [1.29, 1.82) is 0 Å². The summed E-state index contributed by atoms with van der Waals surface area (Å²) in [6.45, 7) is 3.13. The van der Waals surface area contributed by atoms with E-state index in [9.17, 15) is 0 Å². The molecule has 0 saturated carbocycles. The number of guanidine groups is 1. The van der Waals surface area contributed by atoms with Crippen LogP contribution in [0.25, 0.3) is 0 Å². The van der Waals surface area contributed by atoms with Crippen molar-refractivity contribution < 1.29 is 4.74 Å². The van der Waals surface area contributed by atoms with E-state index < -0.39 is 0 Å². The minimum Gasteiger partial charge on any atom is -0.370 e. The summed E-state index contributed by atoms with van der Waals surface area (Å²) < 4.78 is 7.68. The van der Waals surface area contributed by atoms with Gasteiger partial charge in [-0.1, -0.05) is 6.07 Å². The van der Waals surface area contributed by atoms with Crippen LogP contribution in [0.15, 0.2) is 34.9 Å². The molecule has 1 aliphatic heterocycles. The van der Waals surface area contributed by atoms with Crippen LogP contribution in [0.1, 0.15) is 16.5 Å². The Kier molecular flexibility index (Phi) is 4.74. The molecule has 3 heterocycles. The summed E-state index contributed by atoms with van der Waals surface area (Å²) in [5, 5.41) is 9.74. The second-order valence-electron chi connectivity index (χ2n) is 5.23. The Balaban J connectivity index is 1.62. The molecule has 0 amide bonds. The van der Waals surface area contributed by atoms with Crippen molar-refractivity contribution in [2.24, 2.45) is 12.0 Å². The molecular formula is C15H21N5OS. The van der Waals surface area contributed by atoms with Gasteiger partial charge in [-0.05, 0) is 11.4 Å². The largest absolute Gasteiger partial charge is 0.370 e. The molecule has 1 fully saturated rings. The minimum absolute atomic E-state index is 0.0442. The Hall–Kier alpha value is -1.86. The normalized spacial score (nSPS) is 19.5. The second kappa shape index (κ2) is 6.93. The first kappa shape index (κ1) is 15.1. The summed E-state index contributed by atoms with van der Waals surface area (Å²) in [5.41, 5.74) is 1.11. The van der Waals surface area contributed by atoms with Crippen LogP contribution in [0.3, 0.4) is 0 Å². The molecule has 0 radical (unpaired) electrons. The Morgan fingerprint density at radius 3 is 3.18 bits per heavy atom. The lowest BCUT2D eigenvalue weighted by atomic mass is 10.1. The molecule has 7 heteroatoms. The number of aromatic nitrogens is 2. The molecule has 2 aromatic heterocycles. The molecule has 1 aliphatic rings. The van der Waals surface area contributed by atoms with Gasteiger partial charge in [-0.25, -0.2) is 0 Å². The van der Waals surface area contributed by atoms with Gasteiger partial charge < -0.3 is 15.0 Å². The SMILES string of the molecule is CN=C(NCc1cccs1)N1CCOC(c2cnn(C)c2)C1. The quantitative estimate of drug-likeness (QED) is 0.690. The Morgan fingerprint density at radius 2 is 2.50 bits per heavy atom. The maximum absolute atomic E-state index is 5.88. The highest BCUT2D eigenvalue weighted by atomic mass is 32.1. The molecule has 1 unspecified atom stereocenters. The molecule has 1 N–H and O–H groups in total. The van der Waals surface area contributed by atoms with Crippen LogP contribution in [-0.2, 0) is 18.3 Å². The summed E-state index contributed by atoms with van der Waals surface area (Å²) in [6, 6.07) is 4.19.